The SMILES string of the molecule is CCC(C)NC(=O)N1CC=C(c2c[nH]c3ncc(-c4ccc(CN5CCOCC5)s4)cc23)CC1. The van der Waals surface area contributed by atoms with Crippen molar-refractivity contribution in [1.82, 2.24) is 25.1 Å². The van der Waals surface area contributed by atoms with E-state index in [1.54, 1.807) is 0 Å². The van der Waals surface area contributed by atoms with E-state index in [9.17, 15) is 4.79 Å². The van der Waals surface area contributed by atoms with Gasteiger partial charge < -0.3 is 19.9 Å². The Hall–Kier alpha value is -2.68. The molecule has 2 aliphatic rings. The van der Waals surface area contributed by atoms with Crippen molar-refractivity contribution in [2.24, 2.45) is 0 Å². The molecule has 5 rings (SSSR count). The summed E-state index contributed by atoms with van der Waals surface area (Å²) in [5.41, 5.74) is 4.52. The maximum absolute atomic E-state index is 12.5. The van der Waals surface area contributed by atoms with Crippen LogP contribution in [0.25, 0.3) is 27.0 Å². The quantitative estimate of drug-likeness (QED) is 0.537. The lowest BCUT2D eigenvalue weighted by Gasteiger charge is -2.28. The second-order valence-corrected chi connectivity index (χ2v) is 10.3. The Morgan fingerprint density at radius 1 is 1.29 bits per heavy atom. The zero-order valence-electron chi connectivity index (χ0n) is 20.0. The van der Waals surface area contributed by atoms with E-state index in [-0.39, 0.29) is 12.1 Å². The predicted octanol–water partition coefficient (Wildman–Crippen LogP) is 4.72. The van der Waals surface area contributed by atoms with Gasteiger partial charge in [0.25, 0.3) is 0 Å². The Morgan fingerprint density at radius 3 is 2.91 bits per heavy atom. The maximum Gasteiger partial charge on any atom is 0.317 e. The van der Waals surface area contributed by atoms with Gasteiger partial charge in [0.1, 0.15) is 5.65 Å². The lowest BCUT2D eigenvalue weighted by atomic mass is 9.99. The summed E-state index contributed by atoms with van der Waals surface area (Å²) in [4.78, 5) is 27.5. The molecule has 180 valence electrons. The summed E-state index contributed by atoms with van der Waals surface area (Å²) in [5, 5.41) is 4.21. The molecule has 0 spiro atoms. The summed E-state index contributed by atoms with van der Waals surface area (Å²) < 4.78 is 5.47. The highest BCUT2D eigenvalue weighted by atomic mass is 32.1. The molecule has 1 atom stereocenters. The van der Waals surface area contributed by atoms with Crippen LogP contribution in [0.2, 0.25) is 0 Å². The number of hydrogen-bond acceptors (Lipinski definition) is 5. The number of urea groups is 1. The molecule has 0 radical (unpaired) electrons. The van der Waals surface area contributed by atoms with Crippen molar-refractivity contribution in [3.63, 3.8) is 0 Å². The molecular formula is C26H33N5O2S. The van der Waals surface area contributed by atoms with Crippen molar-refractivity contribution in [3.8, 4) is 10.4 Å². The Morgan fingerprint density at radius 2 is 2.15 bits per heavy atom. The van der Waals surface area contributed by atoms with Crippen molar-refractivity contribution < 1.29 is 9.53 Å². The molecule has 1 unspecified atom stereocenters. The lowest BCUT2D eigenvalue weighted by molar-refractivity contribution is 0.0346. The molecule has 34 heavy (non-hydrogen) atoms. The normalized spacial score (nSPS) is 18.2. The third kappa shape index (κ3) is 5.04. The molecule has 0 saturated carbocycles. The van der Waals surface area contributed by atoms with E-state index in [2.05, 4.69) is 52.6 Å². The molecule has 0 aliphatic carbocycles. The highest BCUT2D eigenvalue weighted by Crippen LogP contribution is 2.34. The zero-order chi connectivity index (χ0) is 23.5. The van der Waals surface area contributed by atoms with Gasteiger partial charge in [-0.05, 0) is 43.5 Å². The van der Waals surface area contributed by atoms with E-state index >= 15 is 0 Å². The van der Waals surface area contributed by atoms with Gasteiger partial charge in [-0.1, -0.05) is 13.0 Å². The van der Waals surface area contributed by atoms with Gasteiger partial charge in [-0.15, -0.1) is 11.3 Å². The Balaban J connectivity index is 1.31. The van der Waals surface area contributed by atoms with Crippen LogP contribution in [0.15, 0.2) is 36.7 Å². The Labute approximate surface area is 204 Å². The molecule has 0 aromatic carbocycles. The minimum absolute atomic E-state index is 0.0260. The molecule has 3 aromatic heterocycles. The number of amides is 2. The molecular weight excluding hydrogens is 446 g/mol. The molecule has 2 amide bonds. The third-order valence-corrected chi connectivity index (χ3v) is 7.90. The van der Waals surface area contributed by atoms with E-state index < -0.39 is 0 Å². The fourth-order valence-corrected chi connectivity index (χ4v) is 5.54. The van der Waals surface area contributed by atoms with Crippen LogP contribution in [0.3, 0.4) is 0 Å². The monoisotopic (exact) mass is 479 g/mol. The van der Waals surface area contributed by atoms with E-state index in [0.717, 1.165) is 68.8 Å². The van der Waals surface area contributed by atoms with Crippen LogP contribution in [0.5, 0.6) is 0 Å². The van der Waals surface area contributed by atoms with Gasteiger partial charge in [-0.2, -0.15) is 0 Å². The van der Waals surface area contributed by atoms with Crippen molar-refractivity contribution in [2.45, 2.75) is 39.3 Å². The first-order valence-corrected chi connectivity index (χ1v) is 13.0. The topological polar surface area (TPSA) is 73.5 Å². The molecule has 8 heteroatoms. The zero-order valence-corrected chi connectivity index (χ0v) is 20.8. The molecule has 5 heterocycles. The van der Waals surface area contributed by atoms with Crippen LogP contribution in [0.4, 0.5) is 4.79 Å². The highest BCUT2D eigenvalue weighted by molar-refractivity contribution is 7.15. The number of nitrogens with zero attached hydrogens (tertiary/aromatic N) is 3. The molecule has 3 aromatic rings. The smallest absolute Gasteiger partial charge is 0.317 e. The number of pyridine rings is 1. The minimum atomic E-state index is 0.0260. The molecule has 1 fully saturated rings. The van der Waals surface area contributed by atoms with Gasteiger partial charge in [-0.25, -0.2) is 9.78 Å². The number of morpholine rings is 1. The third-order valence-electron chi connectivity index (χ3n) is 6.78. The Bertz CT molecular complexity index is 1180. The fraction of sp³-hybridized carbons (Fsp3) is 0.462. The van der Waals surface area contributed by atoms with Gasteiger partial charge in [0.05, 0.1) is 13.2 Å². The number of fused-ring (bicyclic) bond motifs is 1. The van der Waals surface area contributed by atoms with Gasteiger partial charge in [0.15, 0.2) is 0 Å². The van der Waals surface area contributed by atoms with Crippen LogP contribution < -0.4 is 5.32 Å². The first kappa shape index (κ1) is 23.1. The number of nitrogens with one attached hydrogen (secondary N) is 2. The molecule has 2 N–H and O–H groups in total. The van der Waals surface area contributed by atoms with E-state index in [0.29, 0.717) is 6.54 Å². The fourth-order valence-electron chi connectivity index (χ4n) is 4.50. The largest absolute Gasteiger partial charge is 0.379 e. The number of aromatic nitrogens is 2. The van der Waals surface area contributed by atoms with Gasteiger partial charge in [0, 0.05) is 77.4 Å². The number of hydrogen-bond donors (Lipinski definition) is 2. The number of thiophene rings is 1. The second-order valence-electron chi connectivity index (χ2n) is 9.16. The van der Waals surface area contributed by atoms with Crippen molar-refractivity contribution in [2.75, 3.05) is 39.4 Å². The standard InChI is InChI=1S/C26H33N5O2S/c1-3-18(2)29-26(32)31-8-6-19(7-9-31)23-16-28-25-22(23)14-20(15-27-25)24-5-4-21(34-24)17-30-10-12-33-13-11-30/h4-6,14-16,18H,3,7-13,17H2,1-2H3,(H,27,28)(H,29,32). The van der Waals surface area contributed by atoms with Crippen LogP contribution >= 0.6 is 11.3 Å². The van der Waals surface area contributed by atoms with Gasteiger partial charge >= 0.3 is 6.03 Å². The summed E-state index contributed by atoms with van der Waals surface area (Å²) in [7, 11) is 0. The first-order chi connectivity index (χ1) is 16.6. The average molecular weight is 480 g/mol. The number of rotatable bonds is 6. The van der Waals surface area contributed by atoms with Gasteiger partial charge in [0.2, 0.25) is 0 Å². The molecule has 0 bridgehead atoms. The number of ether oxygens (including phenoxy) is 1. The van der Waals surface area contributed by atoms with Gasteiger partial charge in [-0.3, -0.25) is 4.90 Å². The minimum Gasteiger partial charge on any atom is -0.379 e. The maximum atomic E-state index is 12.5. The summed E-state index contributed by atoms with van der Waals surface area (Å²) in [5.74, 6) is 0. The van der Waals surface area contributed by atoms with Crippen LogP contribution in [-0.2, 0) is 11.3 Å². The number of aromatic amines is 1. The average Bonchev–Trinajstić information content (AvgIpc) is 3.51. The van der Waals surface area contributed by atoms with Crippen LogP contribution in [-0.4, -0.2) is 71.2 Å². The van der Waals surface area contributed by atoms with Crippen molar-refractivity contribution in [3.05, 3.63) is 47.1 Å². The summed E-state index contributed by atoms with van der Waals surface area (Å²) in [6.45, 7) is 10.1. The number of carbonyl (C=O) groups excluding carboxylic acids is 1. The first-order valence-electron chi connectivity index (χ1n) is 12.2. The molecule has 7 nitrogen and oxygen atoms in total. The summed E-state index contributed by atoms with van der Waals surface area (Å²) in [6, 6.07) is 6.92. The lowest BCUT2D eigenvalue weighted by Crippen LogP contribution is -2.45. The van der Waals surface area contributed by atoms with E-state index in [4.69, 9.17) is 9.72 Å². The summed E-state index contributed by atoms with van der Waals surface area (Å²) in [6.07, 6.45) is 7.97. The molecule has 1 saturated heterocycles. The number of H-pyrrole nitrogens is 1. The Kier molecular flexibility index (Phi) is 6.99. The highest BCUT2D eigenvalue weighted by Gasteiger charge is 2.21. The molecule has 2 aliphatic heterocycles. The second kappa shape index (κ2) is 10.3. The van der Waals surface area contributed by atoms with E-state index in [1.165, 1.54) is 20.9 Å². The van der Waals surface area contributed by atoms with Crippen LogP contribution in [0, 0.1) is 0 Å². The predicted molar refractivity (Wildman–Crippen MR) is 138 cm³/mol. The number of carbonyl (C=O) groups is 1. The van der Waals surface area contributed by atoms with Crippen molar-refractivity contribution in [1.29, 1.82) is 0 Å². The van der Waals surface area contributed by atoms with E-state index in [1.807, 2.05) is 29.4 Å². The summed E-state index contributed by atoms with van der Waals surface area (Å²) >= 11 is 1.84. The van der Waals surface area contributed by atoms with Crippen molar-refractivity contribution >= 4 is 34.0 Å². The van der Waals surface area contributed by atoms with Crippen LogP contribution in [0.1, 0.15) is 37.1 Å².